The lowest BCUT2D eigenvalue weighted by atomic mass is 10.0. The van der Waals surface area contributed by atoms with Crippen LogP contribution in [-0.4, -0.2) is 10.2 Å². The highest BCUT2D eigenvalue weighted by atomic mass is 16.3. The minimum atomic E-state index is -0.946. The van der Waals surface area contributed by atoms with E-state index in [0.717, 1.165) is 11.1 Å². The maximum atomic E-state index is 9.36. The Morgan fingerprint density at radius 1 is 0.938 bits per heavy atom. The first kappa shape index (κ1) is 10.7. The van der Waals surface area contributed by atoms with Gasteiger partial charge < -0.3 is 15.9 Å². The zero-order valence-electron chi connectivity index (χ0n) is 8.67. The molecular weight excluding hydrogens is 202 g/mol. The Labute approximate surface area is 93.8 Å². The minimum absolute atomic E-state index is 0.237. The standard InChI is InChI=1S/C13H13NO2/c14-13(16)10-6-4-9(5-7-10)11-2-1-3-12(15)8-11/h1-8,13,15-16H,14H2. The molecule has 1 unspecified atom stereocenters. The number of hydrogen-bond acceptors (Lipinski definition) is 3. The number of rotatable bonds is 2. The number of benzene rings is 2. The molecule has 0 aliphatic rings. The summed E-state index contributed by atoms with van der Waals surface area (Å²) in [5.74, 6) is 0.237. The third kappa shape index (κ3) is 2.21. The molecule has 0 spiro atoms. The minimum Gasteiger partial charge on any atom is -0.508 e. The van der Waals surface area contributed by atoms with Crippen molar-refractivity contribution in [1.29, 1.82) is 0 Å². The molecule has 0 saturated heterocycles. The van der Waals surface area contributed by atoms with Gasteiger partial charge in [0.05, 0.1) is 0 Å². The van der Waals surface area contributed by atoms with E-state index in [4.69, 9.17) is 10.8 Å². The smallest absolute Gasteiger partial charge is 0.128 e. The monoisotopic (exact) mass is 215 g/mol. The summed E-state index contributed by atoms with van der Waals surface area (Å²) in [7, 11) is 0. The summed E-state index contributed by atoms with van der Waals surface area (Å²) in [5, 5.41) is 18.5. The molecule has 0 aromatic heterocycles. The molecule has 2 aromatic rings. The molecular formula is C13H13NO2. The number of phenols is 1. The molecule has 0 radical (unpaired) electrons. The van der Waals surface area contributed by atoms with Crippen molar-refractivity contribution in [3.05, 3.63) is 54.1 Å². The van der Waals surface area contributed by atoms with Crippen molar-refractivity contribution in [3.8, 4) is 16.9 Å². The fourth-order valence-corrected chi connectivity index (χ4v) is 1.56. The second kappa shape index (κ2) is 4.35. The van der Waals surface area contributed by atoms with E-state index in [1.54, 1.807) is 30.3 Å². The summed E-state index contributed by atoms with van der Waals surface area (Å²) < 4.78 is 0. The van der Waals surface area contributed by atoms with Gasteiger partial charge in [0.15, 0.2) is 0 Å². The average molecular weight is 215 g/mol. The van der Waals surface area contributed by atoms with Gasteiger partial charge in [0, 0.05) is 0 Å². The summed E-state index contributed by atoms with van der Waals surface area (Å²) in [6, 6.07) is 14.3. The Kier molecular flexibility index (Phi) is 2.90. The molecule has 0 fully saturated rings. The van der Waals surface area contributed by atoms with E-state index >= 15 is 0 Å². The number of nitrogens with two attached hydrogens (primary N) is 1. The van der Waals surface area contributed by atoms with E-state index in [-0.39, 0.29) is 5.75 Å². The molecule has 0 aliphatic heterocycles. The lowest BCUT2D eigenvalue weighted by Gasteiger charge is -2.06. The largest absolute Gasteiger partial charge is 0.508 e. The van der Waals surface area contributed by atoms with E-state index in [1.165, 1.54) is 0 Å². The van der Waals surface area contributed by atoms with Crippen LogP contribution in [0.5, 0.6) is 5.75 Å². The highest BCUT2D eigenvalue weighted by Crippen LogP contribution is 2.24. The number of aliphatic hydroxyl groups is 1. The number of phenolic OH excluding ortho intramolecular Hbond substituents is 1. The van der Waals surface area contributed by atoms with Gasteiger partial charge in [-0.1, -0.05) is 36.4 Å². The first-order valence-corrected chi connectivity index (χ1v) is 5.00. The Bertz CT molecular complexity index is 478. The highest BCUT2D eigenvalue weighted by molar-refractivity contribution is 5.65. The molecule has 4 N–H and O–H groups in total. The lowest BCUT2D eigenvalue weighted by molar-refractivity contribution is 0.186. The topological polar surface area (TPSA) is 66.5 Å². The van der Waals surface area contributed by atoms with Gasteiger partial charge >= 0.3 is 0 Å². The van der Waals surface area contributed by atoms with Crippen LogP contribution in [0.2, 0.25) is 0 Å². The van der Waals surface area contributed by atoms with Gasteiger partial charge in [0.2, 0.25) is 0 Å². The van der Waals surface area contributed by atoms with Crippen molar-refractivity contribution in [2.45, 2.75) is 6.23 Å². The maximum absolute atomic E-state index is 9.36. The van der Waals surface area contributed by atoms with Crippen LogP contribution in [0.4, 0.5) is 0 Å². The molecule has 1 atom stereocenters. The maximum Gasteiger partial charge on any atom is 0.128 e. The van der Waals surface area contributed by atoms with Crippen molar-refractivity contribution in [2.75, 3.05) is 0 Å². The Morgan fingerprint density at radius 3 is 2.19 bits per heavy atom. The van der Waals surface area contributed by atoms with Crippen molar-refractivity contribution in [3.63, 3.8) is 0 Å². The SMILES string of the molecule is NC(O)c1ccc(-c2cccc(O)c2)cc1. The summed E-state index contributed by atoms with van der Waals surface area (Å²) in [6.07, 6.45) is -0.946. The first-order valence-electron chi connectivity index (χ1n) is 5.00. The van der Waals surface area contributed by atoms with E-state index in [2.05, 4.69) is 0 Å². The van der Waals surface area contributed by atoms with Crippen LogP contribution in [0, 0.1) is 0 Å². The summed E-state index contributed by atoms with van der Waals surface area (Å²) in [4.78, 5) is 0. The van der Waals surface area contributed by atoms with Gasteiger partial charge in [0.1, 0.15) is 12.0 Å². The second-order valence-corrected chi connectivity index (χ2v) is 3.62. The zero-order chi connectivity index (χ0) is 11.5. The molecule has 3 nitrogen and oxygen atoms in total. The number of aromatic hydroxyl groups is 1. The summed E-state index contributed by atoms with van der Waals surface area (Å²) >= 11 is 0. The fraction of sp³-hybridized carbons (Fsp3) is 0.0769. The predicted octanol–water partition coefficient (Wildman–Crippen LogP) is 2.01. The average Bonchev–Trinajstić information content (AvgIpc) is 2.29. The molecule has 3 heteroatoms. The lowest BCUT2D eigenvalue weighted by Crippen LogP contribution is -2.07. The van der Waals surface area contributed by atoms with Gasteiger partial charge in [-0.25, -0.2) is 0 Å². The predicted molar refractivity (Wildman–Crippen MR) is 62.7 cm³/mol. The molecule has 0 aliphatic carbocycles. The zero-order valence-corrected chi connectivity index (χ0v) is 8.67. The van der Waals surface area contributed by atoms with Crippen molar-refractivity contribution in [1.82, 2.24) is 0 Å². The van der Waals surface area contributed by atoms with Crippen LogP contribution in [0.3, 0.4) is 0 Å². The normalized spacial score (nSPS) is 12.4. The second-order valence-electron chi connectivity index (χ2n) is 3.62. The third-order valence-electron chi connectivity index (χ3n) is 2.43. The van der Waals surface area contributed by atoms with Crippen LogP contribution < -0.4 is 5.73 Å². The van der Waals surface area contributed by atoms with E-state index in [1.807, 2.05) is 18.2 Å². The molecule has 2 aromatic carbocycles. The van der Waals surface area contributed by atoms with E-state index in [0.29, 0.717) is 5.56 Å². The van der Waals surface area contributed by atoms with Crippen molar-refractivity contribution >= 4 is 0 Å². The molecule has 2 rings (SSSR count). The molecule has 0 heterocycles. The van der Waals surface area contributed by atoms with Crippen LogP contribution in [0.1, 0.15) is 11.8 Å². The Balaban J connectivity index is 2.35. The van der Waals surface area contributed by atoms with Crippen LogP contribution in [-0.2, 0) is 0 Å². The van der Waals surface area contributed by atoms with E-state index < -0.39 is 6.23 Å². The Hall–Kier alpha value is -1.84. The van der Waals surface area contributed by atoms with E-state index in [9.17, 15) is 5.11 Å². The summed E-state index contributed by atoms with van der Waals surface area (Å²) in [5.41, 5.74) is 7.91. The quantitative estimate of drug-likeness (QED) is 0.671. The highest BCUT2D eigenvalue weighted by Gasteiger charge is 2.02. The Morgan fingerprint density at radius 2 is 1.62 bits per heavy atom. The van der Waals surface area contributed by atoms with Gasteiger partial charge in [-0.05, 0) is 28.8 Å². The molecule has 82 valence electrons. The van der Waals surface area contributed by atoms with Crippen LogP contribution >= 0.6 is 0 Å². The van der Waals surface area contributed by atoms with Gasteiger partial charge in [-0.2, -0.15) is 0 Å². The van der Waals surface area contributed by atoms with Crippen LogP contribution in [0.25, 0.3) is 11.1 Å². The number of aliphatic hydroxyl groups excluding tert-OH is 1. The molecule has 0 bridgehead atoms. The molecule has 0 saturated carbocycles. The van der Waals surface area contributed by atoms with Gasteiger partial charge in [-0.3, -0.25) is 0 Å². The summed E-state index contributed by atoms with van der Waals surface area (Å²) in [6.45, 7) is 0. The van der Waals surface area contributed by atoms with Crippen molar-refractivity contribution in [2.24, 2.45) is 5.73 Å². The van der Waals surface area contributed by atoms with Gasteiger partial charge in [0.25, 0.3) is 0 Å². The van der Waals surface area contributed by atoms with Crippen LogP contribution in [0.15, 0.2) is 48.5 Å². The number of hydrogen-bond donors (Lipinski definition) is 3. The molecule has 0 amide bonds. The third-order valence-corrected chi connectivity index (χ3v) is 2.43. The fourth-order valence-electron chi connectivity index (χ4n) is 1.56. The van der Waals surface area contributed by atoms with Gasteiger partial charge in [-0.15, -0.1) is 0 Å². The first-order chi connectivity index (χ1) is 7.66. The van der Waals surface area contributed by atoms with Crippen molar-refractivity contribution < 1.29 is 10.2 Å². The molecule has 16 heavy (non-hydrogen) atoms.